The predicted octanol–water partition coefficient (Wildman–Crippen LogP) is 1.98. The topological polar surface area (TPSA) is 62.7 Å². The largest absolute Gasteiger partial charge is 0.477 e. The summed E-state index contributed by atoms with van der Waals surface area (Å²) in [5.74, 6) is -0.923. The third-order valence-electron chi connectivity index (χ3n) is 2.74. The number of methoxy groups -OCH3 is 1. The van der Waals surface area contributed by atoms with Gasteiger partial charge >= 0.3 is 5.97 Å². The van der Waals surface area contributed by atoms with Crippen LogP contribution >= 0.6 is 11.3 Å². The van der Waals surface area contributed by atoms with E-state index in [4.69, 9.17) is 9.84 Å². The quantitative estimate of drug-likeness (QED) is 0.843. The highest BCUT2D eigenvalue weighted by Crippen LogP contribution is 2.35. The van der Waals surface area contributed by atoms with Crippen LogP contribution in [-0.2, 0) is 11.3 Å². The minimum absolute atomic E-state index is 0.250. The second-order valence-corrected chi connectivity index (χ2v) is 5.01. The van der Waals surface area contributed by atoms with Crippen LogP contribution < -0.4 is 4.90 Å². The third kappa shape index (κ3) is 2.58. The Labute approximate surface area is 104 Å². The fourth-order valence-electron chi connectivity index (χ4n) is 1.80. The number of hydrogen-bond donors (Lipinski definition) is 1. The standard InChI is InChI=1S/C11H16N2O3S/c1-3-13(7-4-5-7)11-12-8(6-16-2)9(17-11)10(14)15/h7H,3-6H2,1-2H3,(H,14,15). The monoisotopic (exact) mass is 256 g/mol. The van der Waals surface area contributed by atoms with E-state index in [-0.39, 0.29) is 6.61 Å². The lowest BCUT2D eigenvalue weighted by Crippen LogP contribution is -2.24. The van der Waals surface area contributed by atoms with Crippen molar-refractivity contribution in [3.05, 3.63) is 10.6 Å². The zero-order valence-electron chi connectivity index (χ0n) is 9.97. The van der Waals surface area contributed by atoms with Gasteiger partial charge in [-0.05, 0) is 19.8 Å². The smallest absolute Gasteiger partial charge is 0.347 e. The van der Waals surface area contributed by atoms with Gasteiger partial charge in [0.25, 0.3) is 0 Å². The summed E-state index contributed by atoms with van der Waals surface area (Å²) in [4.78, 5) is 18.0. The van der Waals surface area contributed by atoms with Gasteiger partial charge in [0.05, 0.1) is 12.3 Å². The molecule has 0 bridgehead atoms. The minimum Gasteiger partial charge on any atom is -0.477 e. The molecule has 1 saturated carbocycles. The van der Waals surface area contributed by atoms with Crippen molar-refractivity contribution in [2.75, 3.05) is 18.6 Å². The number of carboxylic acid groups (broad SMARTS) is 1. The van der Waals surface area contributed by atoms with Gasteiger partial charge in [-0.1, -0.05) is 11.3 Å². The van der Waals surface area contributed by atoms with Crippen LogP contribution in [0.2, 0.25) is 0 Å². The van der Waals surface area contributed by atoms with E-state index < -0.39 is 5.97 Å². The second-order valence-electron chi connectivity index (χ2n) is 4.03. The van der Waals surface area contributed by atoms with Gasteiger partial charge in [-0.2, -0.15) is 0 Å². The average Bonchev–Trinajstić information content (AvgIpc) is 3.02. The second kappa shape index (κ2) is 5.01. The normalized spacial score (nSPS) is 14.9. The van der Waals surface area contributed by atoms with Crippen LogP contribution in [0.25, 0.3) is 0 Å². The highest BCUT2D eigenvalue weighted by molar-refractivity contribution is 7.17. The van der Waals surface area contributed by atoms with Crippen molar-refractivity contribution in [2.24, 2.45) is 0 Å². The molecule has 1 aromatic heterocycles. The lowest BCUT2D eigenvalue weighted by Gasteiger charge is -2.18. The van der Waals surface area contributed by atoms with Crippen molar-refractivity contribution in [2.45, 2.75) is 32.4 Å². The number of carbonyl (C=O) groups is 1. The molecule has 94 valence electrons. The van der Waals surface area contributed by atoms with Gasteiger partial charge in [0, 0.05) is 19.7 Å². The molecule has 5 nitrogen and oxygen atoms in total. The van der Waals surface area contributed by atoms with Crippen molar-refractivity contribution in [3.63, 3.8) is 0 Å². The van der Waals surface area contributed by atoms with Crippen LogP contribution in [0.3, 0.4) is 0 Å². The SMILES string of the molecule is CCN(c1nc(COC)c(C(=O)O)s1)C1CC1. The Kier molecular flexibility index (Phi) is 3.63. The summed E-state index contributed by atoms with van der Waals surface area (Å²) < 4.78 is 4.98. The molecule has 0 aromatic carbocycles. The molecule has 2 rings (SSSR count). The van der Waals surface area contributed by atoms with E-state index in [1.165, 1.54) is 24.2 Å². The molecular formula is C11H16N2O3S. The maximum Gasteiger partial charge on any atom is 0.347 e. The van der Waals surface area contributed by atoms with Crippen LogP contribution in [0.1, 0.15) is 35.1 Å². The first-order valence-electron chi connectivity index (χ1n) is 5.66. The van der Waals surface area contributed by atoms with Crippen LogP contribution in [0.4, 0.5) is 5.13 Å². The molecule has 0 atom stereocenters. The van der Waals surface area contributed by atoms with E-state index in [1.54, 1.807) is 7.11 Å². The summed E-state index contributed by atoms with van der Waals surface area (Å²) in [6, 6.07) is 0.545. The molecule has 0 radical (unpaired) electrons. The first-order chi connectivity index (χ1) is 8.17. The summed E-state index contributed by atoms with van der Waals surface area (Å²) >= 11 is 1.24. The average molecular weight is 256 g/mol. The van der Waals surface area contributed by atoms with Crippen molar-refractivity contribution >= 4 is 22.4 Å². The fourth-order valence-corrected chi connectivity index (χ4v) is 2.84. The fraction of sp³-hybridized carbons (Fsp3) is 0.636. The Bertz CT molecular complexity index is 415. The van der Waals surface area contributed by atoms with Crippen LogP contribution in [-0.4, -0.2) is 35.8 Å². The Hall–Kier alpha value is -1.14. The number of rotatable bonds is 6. The Morgan fingerprint density at radius 2 is 2.35 bits per heavy atom. The number of aromatic nitrogens is 1. The van der Waals surface area contributed by atoms with E-state index in [9.17, 15) is 4.79 Å². The number of anilines is 1. The van der Waals surface area contributed by atoms with Crippen LogP contribution in [0, 0.1) is 0 Å². The van der Waals surface area contributed by atoms with E-state index in [1.807, 2.05) is 0 Å². The molecule has 6 heteroatoms. The van der Waals surface area contributed by atoms with E-state index in [2.05, 4.69) is 16.8 Å². The number of carboxylic acids is 1. The highest BCUT2D eigenvalue weighted by atomic mass is 32.1. The number of thiazole rings is 1. The molecule has 1 aromatic rings. The summed E-state index contributed by atoms with van der Waals surface area (Å²) in [5, 5.41) is 9.92. The highest BCUT2D eigenvalue weighted by Gasteiger charge is 2.31. The Balaban J connectivity index is 2.28. The van der Waals surface area contributed by atoms with Gasteiger partial charge in [0.15, 0.2) is 5.13 Å². The molecule has 17 heavy (non-hydrogen) atoms. The first kappa shape index (κ1) is 12.3. The molecule has 0 unspecified atom stereocenters. The third-order valence-corrected chi connectivity index (χ3v) is 3.86. The number of aromatic carboxylic acids is 1. The molecule has 0 saturated heterocycles. The van der Waals surface area contributed by atoms with E-state index in [0.717, 1.165) is 11.7 Å². The lowest BCUT2D eigenvalue weighted by molar-refractivity contribution is 0.0697. The summed E-state index contributed by atoms with van der Waals surface area (Å²) in [6.45, 7) is 3.18. The molecule has 1 fully saturated rings. The van der Waals surface area contributed by atoms with Gasteiger partial charge < -0.3 is 14.7 Å². The molecule has 1 aliphatic carbocycles. The van der Waals surface area contributed by atoms with Crippen molar-refractivity contribution < 1.29 is 14.6 Å². The summed E-state index contributed by atoms with van der Waals surface area (Å²) in [7, 11) is 1.54. The van der Waals surface area contributed by atoms with Crippen molar-refractivity contribution in [3.8, 4) is 0 Å². The molecule has 1 aliphatic rings. The van der Waals surface area contributed by atoms with E-state index in [0.29, 0.717) is 16.6 Å². The number of nitrogens with zero attached hydrogens (tertiary/aromatic N) is 2. The maximum absolute atomic E-state index is 11.1. The van der Waals surface area contributed by atoms with Gasteiger partial charge in [0.1, 0.15) is 4.88 Å². The van der Waals surface area contributed by atoms with Gasteiger partial charge in [-0.3, -0.25) is 0 Å². The van der Waals surface area contributed by atoms with Crippen molar-refractivity contribution in [1.82, 2.24) is 4.98 Å². The number of hydrogen-bond acceptors (Lipinski definition) is 5. The van der Waals surface area contributed by atoms with Gasteiger partial charge in [0.2, 0.25) is 0 Å². The summed E-state index contributed by atoms with van der Waals surface area (Å²) in [5.41, 5.74) is 0.527. The Morgan fingerprint density at radius 3 is 2.82 bits per heavy atom. The lowest BCUT2D eigenvalue weighted by atomic mass is 10.4. The Morgan fingerprint density at radius 1 is 1.65 bits per heavy atom. The molecular weight excluding hydrogens is 240 g/mol. The number of ether oxygens (including phenoxy) is 1. The molecule has 0 spiro atoms. The molecule has 1 heterocycles. The van der Waals surface area contributed by atoms with Crippen molar-refractivity contribution in [1.29, 1.82) is 0 Å². The predicted molar refractivity (Wildman–Crippen MR) is 65.8 cm³/mol. The zero-order chi connectivity index (χ0) is 12.4. The van der Waals surface area contributed by atoms with E-state index >= 15 is 0 Å². The van der Waals surface area contributed by atoms with Gasteiger partial charge in [-0.25, -0.2) is 9.78 Å². The maximum atomic E-state index is 11.1. The van der Waals surface area contributed by atoms with Crippen LogP contribution in [0.15, 0.2) is 0 Å². The zero-order valence-corrected chi connectivity index (χ0v) is 10.8. The van der Waals surface area contributed by atoms with Crippen LogP contribution in [0.5, 0.6) is 0 Å². The molecule has 0 amide bonds. The van der Waals surface area contributed by atoms with Gasteiger partial charge in [-0.15, -0.1) is 0 Å². The first-order valence-corrected chi connectivity index (χ1v) is 6.47. The summed E-state index contributed by atoms with van der Waals surface area (Å²) in [6.07, 6.45) is 2.35. The minimum atomic E-state index is -0.923. The molecule has 1 N–H and O–H groups in total. The molecule has 0 aliphatic heterocycles.